The lowest BCUT2D eigenvalue weighted by molar-refractivity contribution is 0.322. The van der Waals surface area contributed by atoms with Crippen molar-refractivity contribution < 1.29 is 4.74 Å². The van der Waals surface area contributed by atoms with Gasteiger partial charge in [-0.25, -0.2) is 4.98 Å². The minimum atomic E-state index is 0.593. The monoisotopic (exact) mass is 301 g/mol. The van der Waals surface area contributed by atoms with Gasteiger partial charge in [-0.05, 0) is 31.4 Å². The summed E-state index contributed by atoms with van der Waals surface area (Å²) in [6, 6.07) is 8.22. The Bertz CT molecular complexity index is 651. The van der Waals surface area contributed by atoms with Gasteiger partial charge in [-0.15, -0.1) is 0 Å². The van der Waals surface area contributed by atoms with Gasteiger partial charge in [0.1, 0.15) is 5.75 Å². The molecule has 1 aliphatic carbocycles. The van der Waals surface area contributed by atoms with E-state index in [1.165, 1.54) is 23.4 Å². The summed E-state index contributed by atoms with van der Waals surface area (Å²) in [5, 5.41) is 1.07. The van der Waals surface area contributed by atoms with Crippen LogP contribution in [0.3, 0.4) is 0 Å². The van der Waals surface area contributed by atoms with Gasteiger partial charge in [0, 0.05) is 23.9 Å². The number of hydrogen-bond donors (Lipinski definition) is 1. The van der Waals surface area contributed by atoms with E-state index in [9.17, 15) is 0 Å². The van der Waals surface area contributed by atoms with E-state index in [-0.39, 0.29) is 0 Å². The van der Waals surface area contributed by atoms with Crippen LogP contribution in [0.5, 0.6) is 5.75 Å². The average Bonchev–Trinajstić information content (AvgIpc) is 3.31. The maximum Gasteiger partial charge on any atom is 0.190 e. The molecule has 2 heterocycles. The van der Waals surface area contributed by atoms with Crippen molar-refractivity contribution in [1.29, 1.82) is 0 Å². The lowest BCUT2D eigenvalue weighted by Gasteiger charge is -2.20. The molecule has 4 nitrogen and oxygen atoms in total. The summed E-state index contributed by atoms with van der Waals surface area (Å²) in [6.45, 7) is 2.30. The molecule has 0 unspecified atom stereocenters. The Morgan fingerprint density at radius 3 is 3.00 bits per heavy atom. The highest BCUT2D eigenvalue weighted by Gasteiger charge is 2.31. The van der Waals surface area contributed by atoms with Crippen molar-refractivity contribution >= 4 is 22.2 Å². The van der Waals surface area contributed by atoms with Crippen LogP contribution in [-0.4, -0.2) is 18.1 Å². The Morgan fingerprint density at radius 2 is 2.19 bits per heavy atom. The molecule has 0 amide bonds. The van der Waals surface area contributed by atoms with E-state index in [0.717, 1.165) is 36.1 Å². The Balaban J connectivity index is 1.75. The van der Waals surface area contributed by atoms with E-state index in [0.29, 0.717) is 12.5 Å². The summed E-state index contributed by atoms with van der Waals surface area (Å²) in [5.74, 6) is 1.60. The molecule has 2 aliphatic rings. The third-order valence-electron chi connectivity index (χ3n) is 4.04. The number of nitrogens with two attached hydrogens (primary N) is 1. The molecule has 5 heteroatoms. The molecule has 2 N–H and O–H groups in total. The molecule has 1 aromatic heterocycles. The number of para-hydroxylation sites is 2. The van der Waals surface area contributed by atoms with Gasteiger partial charge in [-0.3, -0.25) is 0 Å². The van der Waals surface area contributed by atoms with E-state index < -0.39 is 0 Å². The molecular formula is C16H19N3OS. The Morgan fingerprint density at radius 1 is 1.33 bits per heavy atom. The Hall–Kier alpha value is -1.59. The summed E-state index contributed by atoms with van der Waals surface area (Å²) in [4.78, 5) is 8.45. The zero-order valence-corrected chi connectivity index (χ0v) is 12.7. The first-order chi connectivity index (χ1) is 10.4. The molecule has 0 radical (unpaired) electrons. The molecule has 0 saturated heterocycles. The molecule has 0 atom stereocenters. The summed E-state index contributed by atoms with van der Waals surface area (Å²) in [6.07, 6.45) is 3.52. The first-order valence-corrected chi connectivity index (χ1v) is 8.37. The summed E-state index contributed by atoms with van der Waals surface area (Å²) >= 11 is 1.74. The number of rotatable bonds is 3. The molecule has 0 spiro atoms. The van der Waals surface area contributed by atoms with Crippen LogP contribution in [-0.2, 0) is 6.54 Å². The maximum absolute atomic E-state index is 5.91. The van der Waals surface area contributed by atoms with Crippen molar-refractivity contribution in [3.05, 3.63) is 34.8 Å². The topological polar surface area (TPSA) is 51.4 Å². The van der Waals surface area contributed by atoms with Crippen molar-refractivity contribution in [2.45, 2.75) is 31.7 Å². The first kappa shape index (κ1) is 13.1. The fraction of sp³-hybridized carbons (Fsp3) is 0.438. The van der Waals surface area contributed by atoms with E-state index >= 15 is 0 Å². The second kappa shape index (κ2) is 5.31. The van der Waals surface area contributed by atoms with Crippen molar-refractivity contribution in [2.24, 2.45) is 5.73 Å². The molecule has 4 rings (SSSR count). The number of anilines is 2. The van der Waals surface area contributed by atoms with E-state index in [4.69, 9.17) is 15.5 Å². The molecular weight excluding hydrogens is 282 g/mol. The van der Waals surface area contributed by atoms with Crippen molar-refractivity contribution in [1.82, 2.24) is 4.98 Å². The van der Waals surface area contributed by atoms with Gasteiger partial charge in [-0.2, -0.15) is 0 Å². The maximum atomic E-state index is 5.91. The number of thiazole rings is 1. The summed E-state index contributed by atoms with van der Waals surface area (Å²) in [7, 11) is 0. The van der Waals surface area contributed by atoms with Crippen LogP contribution in [0.1, 0.15) is 35.8 Å². The van der Waals surface area contributed by atoms with Crippen LogP contribution in [0.2, 0.25) is 0 Å². The highest BCUT2D eigenvalue weighted by molar-refractivity contribution is 7.15. The zero-order valence-electron chi connectivity index (χ0n) is 11.9. The molecule has 21 heavy (non-hydrogen) atoms. The Kier molecular flexibility index (Phi) is 3.31. The van der Waals surface area contributed by atoms with Crippen LogP contribution in [0.4, 0.5) is 10.8 Å². The minimum Gasteiger partial charge on any atom is -0.491 e. The number of aromatic nitrogens is 1. The fourth-order valence-corrected chi connectivity index (χ4v) is 3.88. The number of hydrogen-bond acceptors (Lipinski definition) is 5. The summed E-state index contributed by atoms with van der Waals surface area (Å²) in [5.41, 5.74) is 8.27. The van der Waals surface area contributed by atoms with Gasteiger partial charge < -0.3 is 15.4 Å². The smallest absolute Gasteiger partial charge is 0.190 e. The van der Waals surface area contributed by atoms with E-state index in [2.05, 4.69) is 17.0 Å². The van der Waals surface area contributed by atoms with Crippen LogP contribution >= 0.6 is 11.3 Å². The minimum absolute atomic E-state index is 0.593. The lowest BCUT2D eigenvalue weighted by Crippen LogP contribution is -2.17. The molecule has 110 valence electrons. The third-order valence-corrected chi connectivity index (χ3v) is 5.15. The molecule has 1 saturated carbocycles. The zero-order chi connectivity index (χ0) is 14.2. The van der Waals surface area contributed by atoms with Gasteiger partial charge >= 0.3 is 0 Å². The van der Waals surface area contributed by atoms with Gasteiger partial charge in [0.2, 0.25) is 0 Å². The lowest BCUT2D eigenvalue weighted by atomic mass is 10.2. The fourth-order valence-electron chi connectivity index (χ4n) is 2.81. The standard InChI is InChI=1S/C16H19N3OS/c17-10-14-15(11-6-7-11)18-16(21-14)19-8-3-9-20-13-5-2-1-4-12(13)19/h1-2,4-5,11H,3,6-10,17H2. The highest BCUT2D eigenvalue weighted by Crippen LogP contribution is 2.46. The van der Waals surface area contributed by atoms with Gasteiger partial charge in [0.25, 0.3) is 0 Å². The third kappa shape index (κ3) is 2.40. The second-order valence-electron chi connectivity index (χ2n) is 5.60. The van der Waals surface area contributed by atoms with E-state index in [1.807, 2.05) is 12.1 Å². The molecule has 1 aromatic carbocycles. The predicted octanol–water partition coefficient (Wildman–Crippen LogP) is 3.40. The van der Waals surface area contributed by atoms with Crippen LogP contribution in [0.25, 0.3) is 0 Å². The van der Waals surface area contributed by atoms with Gasteiger partial charge in [0.15, 0.2) is 5.13 Å². The van der Waals surface area contributed by atoms with Crippen LogP contribution < -0.4 is 15.4 Å². The predicted molar refractivity (Wildman–Crippen MR) is 85.5 cm³/mol. The first-order valence-electron chi connectivity index (χ1n) is 7.56. The van der Waals surface area contributed by atoms with Crippen LogP contribution in [0, 0.1) is 0 Å². The van der Waals surface area contributed by atoms with Crippen LogP contribution in [0.15, 0.2) is 24.3 Å². The molecule has 0 bridgehead atoms. The van der Waals surface area contributed by atoms with Crippen molar-refractivity contribution in [3.63, 3.8) is 0 Å². The number of fused-ring (bicyclic) bond motifs is 1. The average molecular weight is 301 g/mol. The summed E-state index contributed by atoms with van der Waals surface area (Å²) < 4.78 is 5.83. The highest BCUT2D eigenvalue weighted by atomic mass is 32.1. The normalized spacial score (nSPS) is 18.0. The van der Waals surface area contributed by atoms with E-state index in [1.54, 1.807) is 11.3 Å². The molecule has 1 aliphatic heterocycles. The number of nitrogens with zero attached hydrogens (tertiary/aromatic N) is 2. The van der Waals surface area contributed by atoms with Crippen molar-refractivity contribution in [2.75, 3.05) is 18.1 Å². The van der Waals surface area contributed by atoms with Crippen molar-refractivity contribution in [3.8, 4) is 5.75 Å². The second-order valence-corrected chi connectivity index (χ2v) is 6.67. The molecule has 2 aromatic rings. The number of ether oxygens (including phenoxy) is 1. The quantitative estimate of drug-likeness (QED) is 0.944. The SMILES string of the molecule is NCc1sc(N2CCCOc3ccccc32)nc1C1CC1. The van der Waals surface area contributed by atoms with Gasteiger partial charge in [0.05, 0.1) is 18.0 Å². The van der Waals surface area contributed by atoms with Gasteiger partial charge in [-0.1, -0.05) is 23.5 Å². The number of benzene rings is 1. The Labute approximate surface area is 128 Å². The molecule has 1 fully saturated rings. The largest absolute Gasteiger partial charge is 0.491 e.